The molecule has 17 nitrogen and oxygen atoms in total. The maximum atomic E-state index is 14.5. The molecule has 59 heavy (non-hydrogen) atoms. The van der Waals surface area contributed by atoms with Crippen LogP contribution in [0.4, 0.5) is 11.4 Å². The topological polar surface area (TPSA) is 247 Å². The number of fused-ring (bicyclic) bond motifs is 14. The molecule has 3 heterocycles. The number of Topliss-reactive ketones (excluding diaryl/α,β-unsaturated/α-hetero) is 1. The number of hydrogen-bond donors (Lipinski definition) is 6. The number of amides is 1. The summed E-state index contributed by atoms with van der Waals surface area (Å²) < 4.78 is 23.6. The van der Waals surface area contributed by atoms with Crippen LogP contribution < -0.4 is 15.8 Å². The van der Waals surface area contributed by atoms with E-state index in [-0.39, 0.29) is 50.6 Å². The predicted molar refractivity (Wildman–Crippen MR) is 222 cm³/mol. The number of aromatic hydroxyl groups is 2. The van der Waals surface area contributed by atoms with E-state index in [9.17, 15) is 34.8 Å². The fourth-order valence-electron chi connectivity index (χ4n) is 7.23. The van der Waals surface area contributed by atoms with Crippen molar-refractivity contribution in [2.45, 2.75) is 85.6 Å². The van der Waals surface area contributed by atoms with E-state index in [1.807, 2.05) is 19.0 Å². The lowest BCUT2D eigenvalue weighted by Crippen LogP contribution is -2.46. The quantitative estimate of drug-likeness (QED) is 0.0739. The number of methoxy groups -OCH3 is 1. The zero-order valence-corrected chi connectivity index (χ0v) is 35.5. The van der Waals surface area contributed by atoms with Crippen LogP contribution in [0, 0.1) is 30.6 Å². The van der Waals surface area contributed by atoms with Crippen LogP contribution in [0.15, 0.2) is 57.4 Å². The summed E-state index contributed by atoms with van der Waals surface area (Å²) in [6, 6.07) is 1.28. The molecule has 5 bridgehead atoms. The van der Waals surface area contributed by atoms with Crippen molar-refractivity contribution in [3.8, 4) is 17.2 Å². The number of carbonyl (C=O) groups excluding carboxylic acids is 3. The highest BCUT2D eigenvalue weighted by atomic mass is 16.7. The number of anilines is 1. The SMILES string of the molecule is CO[C@H]1/C=C/O[C@@]2(C)Oc3c(C)c(O)c4c(O)c(cc(N=NC(N)=NCCN(C)C)c4c3C2=O)NC(=O)/C(C)=C\C=C\[C@H](C)[C@H](O)[C@@H](C)[C@@H](O)[C@H](C)[C@H](OC(C)=O)[C@H]1C. The number of nitrogens with one attached hydrogen (secondary N) is 1. The Bertz CT molecular complexity index is 2080. The summed E-state index contributed by atoms with van der Waals surface area (Å²) in [5.74, 6) is -7.66. The molecule has 3 aliphatic rings. The molecule has 1 amide bonds. The number of aliphatic hydroxyl groups excluding tert-OH is 2. The number of aliphatic hydroxyl groups is 2. The number of esters is 1. The van der Waals surface area contributed by atoms with Gasteiger partial charge in [0, 0.05) is 67.7 Å². The first kappa shape index (κ1) is 46.3. The van der Waals surface area contributed by atoms with E-state index in [0.29, 0.717) is 13.1 Å². The second-order valence-corrected chi connectivity index (χ2v) is 15.7. The summed E-state index contributed by atoms with van der Waals surface area (Å²) in [7, 11) is 5.18. The predicted octanol–water partition coefficient (Wildman–Crippen LogP) is 5.01. The van der Waals surface area contributed by atoms with Crippen LogP contribution in [0.1, 0.15) is 64.4 Å². The molecule has 0 radical (unpaired) electrons. The highest BCUT2D eigenvalue weighted by Gasteiger charge is 2.49. The molecule has 2 aromatic rings. The Hall–Kier alpha value is -5.36. The highest BCUT2D eigenvalue weighted by Crippen LogP contribution is 2.54. The van der Waals surface area contributed by atoms with Gasteiger partial charge in [-0.15, -0.1) is 10.2 Å². The van der Waals surface area contributed by atoms with Gasteiger partial charge in [0.1, 0.15) is 17.6 Å². The van der Waals surface area contributed by atoms with E-state index in [2.05, 4.69) is 20.5 Å². The molecule has 3 aliphatic heterocycles. The van der Waals surface area contributed by atoms with Crippen LogP contribution in [0.5, 0.6) is 17.2 Å². The van der Waals surface area contributed by atoms with Crippen LogP contribution >= 0.6 is 0 Å². The number of rotatable bonds is 6. The fourth-order valence-corrected chi connectivity index (χ4v) is 7.23. The zero-order valence-electron chi connectivity index (χ0n) is 35.5. The van der Waals surface area contributed by atoms with Crippen molar-refractivity contribution in [2.24, 2.45) is 44.6 Å². The first-order valence-electron chi connectivity index (χ1n) is 19.4. The minimum Gasteiger partial charge on any atom is -0.507 e. The molecule has 9 atom stereocenters. The largest absolute Gasteiger partial charge is 0.507 e. The molecule has 2 aromatic carbocycles. The normalized spacial score (nSPS) is 30.5. The Labute approximate surface area is 344 Å². The zero-order chi connectivity index (χ0) is 44.1. The van der Waals surface area contributed by atoms with Gasteiger partial charge in [0.2, 0.25) is 5.96 Å². The number of aliphatic imine (C=N–C) groups is 1. The van der Waals surface area contributed by atoms with Crippen LogP contribution in [-0.4, -0.2) is 113 Å². The summed E-state index contributed by atoms with van der Waals surface area (Å²) in [4.78, 5) is 46.4. The number of nitrogens with zero attached hydrogens (tertiary/aromatic N) is 4. The third kappa shape index (κ3) is 10.1. The Morgan fingerprint density at radius 2 is 1.69 bits per heavy atom. The van der Waals surface area contributed by atoms with Gasteiger partial charge in [-0.3, -0.25) is 14.4 Å². The van der Waals surface area contributed by atoms with E-state index in [1.54, 1.807) is 39.8 Å². The first-order valence-corrected chi connectivity index (χ1v) is 19.4. The molecule has 0 aromatic heterocycles. The molecule has 0 saturated carbocycles. The van der Waals surface area contributed by atoms with Crippen molar-refractivity contribution in [1.82, 2.24) is 4.90 Å². The van der Waals surface area contributed by atoms with Crippen LogP contribution in [0.2, 0.25) is 0 Å². The van der Waals surface area contributed by atoms with Gasteiger partial charge in [-0.1, -0.05) is 45.9 Å². The summed E-state index contributed by atoms with van der Waals surface area (Å²) >= 11 is 0. The minimum atomic E-state index is -2.01. The number of nitrogens with two attached hydrogens (primary N) is 1. The molecule has 17 heteroatoms. The number of benzene rings is 2. The van der Waals surface area contributed by atoms with Gasteiger partial charge in [0.25, 0.3) is 11.7 Å². The third-order valence-electron chi connectivity index (χ3n) is 10.9. The molecule has 0 spiro atoms. The van der Waals surface area contributed by atoms with Crippen molar-refractivity contribution in [3.05, 3.63) is 53.3 Å². The molecule has 0 unspecified atom stereocenters. The third-order valence-corrected chi connectivity index (χ3v) is 10.9. The number of hydrogen-bond acceptors (Lipinski definition) is 14. The van der Waals surface area contributed by atoms with E-state index >= 15 is 0 Å². The van der Waals surface area contributed by atoms with Crippen molar-refractivity contribution in [2.75, 3.05) is 39.6 Å². The molecule has 7 N–H and O–H groups in total. The van der Waals surface area contributed by atoms with Crippen LogP contribution in [0.25, 0.3) is 10.8 Å². The van der Waals surface area contributed by atoms with Crippen molar-refractivity contribution < 1.29 is 53.8 Å². The Morgan fingerprint density at radius 3 is 2.32 bits per heavy atom. The number of ether oxygens (including phenoxy) is 4. The number of phenolic OH excluding ortho intramolecular Hbond substituents is 2. The number of phenols is 2. The molecular weight excluding hydrogens is 764 g/mol. The second kappa shape index (κ2) is 19.1. The Kier molecular flexibility index (Phi) is 15.0. The molecule has 5 rings (SSSR count). The molecule has 0 aliphatic carbocycles. The number of ketones is 1. The number of azo groups is 1. The summed E-state index contributed by atoms with van der Waals surface area (Å²) in [5.41, 5.74) is 6.01. The van der Waals surface area contributed by atoms with Crippen LogP contribution in [-0.2, 0) is 23.8 Å². The van der Waals surface area contributed by atoms with Crippen molar-refractivity contribution >= 4 is 45.8 Å². The minimum absolute atomic E-state index is 0.0489. The van der Waals surface area contributed by atoms with Gasteiger partial charge in [0.05, 0.1) is 53.4 Å². The Balaban J connectivity index is 1.95. The number of likely N-dealkylation sites (N-methyl/N-ethyl adjacent to an activating group) is 1. The van der Waals surface area contributed by atoms with Crippen LogP contribution in [0.3, 0.4) is 0 Å². The summed E-state index contributed by atoms with van der Waals surface area (Å²) in [6.07, 6.45) is 3.63. The van der Waals surface area contributed by atoms with E-state index in [1.165, 1.54) is 59.3 Å². The maximum absolute atomic E-state index is 14.5. The number of guanidine groups is 1. The standard InChI is InChI=1S/C42H58N6O11/c1-20-13-12-14-21(2)40(55)45-28-19-27(46-47-41(43)44-16-17-48(9)10)30-31(36(28)53)35(52)25(6)38-32(30)39(54)42(8,59-38)57-18-15-29(56-11)22(3)37(58-26(7)49)24(5)34(51)23(4)33(20)50/h12-15,18-20,22-24,29,33-34,37,50-53H,16-17H2,1-11H3,(H2,43,44)(H,45,55)/b13-12+,18-15+,21-14-,47-46?/t20-,22-,23+,24-,29-,33-,34+,37+,42-/m0/s1. The summed E-state index contributed by atoms with van der Waals surface area (Å²) in [5, 5.41) is 56.8. The van der Waals surface area contributed by atoms with E-state index in [4.69, 9.17) is 24.7 Å². The van der Waals surface area contributed by atoms with Gasteiger partial charge >= 0.3 is 11.8 Å². The van der Waals surface area contributed by atoms with Gasteiger partial charge in [-0.2, -0.15) is 0 Å². The first-order chi connectivity index (χ1) is 27.6. The lowest BCUT2D eigenvalue weighted by Gasteiger charge is -2.38. The lowest BCUT2D eigenvalue weighted by molar-refractivity contribution is -0.160. The van der Waals surface area contributed by atoms with E-state index in [0.717, 1.165) is 0 Å². The highest BCUT2D eigenvalue weighted by molar-refractivity contribution is 6.22. The molecular formula is C42H58N6O11. The average Bonchev–Trinajstić information content (AvgIpc) is 3.44. The lowest BCUT2D eigenvalue weighted by atomic mass is 9.78. The van der Waals surface area contributed by atoms with Gasteiger partial charge in [0.15, 0.2) is 5.75 Å². The second-order valence-electron chi connectivity index (χ2n) is 15.7. The molecule has 322 valence electrons. The smallest absolute Gasteiger partial charge is 0.312 e. The van der Waals surface area contributed by atoms with Gasteiger partial charge in [-0.05, 0) is 40.1 Å². The fraction of sp³-hybridized carbons (Fsp3) is 0.524. The Morgan fingerprint density at radius 1 is 1.02 bits per heavy atom. The maximum Gasteiger partial charge on any atom is 0.312 e. The number of allylic oxidation sites excluding steroid dienone is 2. The van der Waals surface area contributed by atoms with Gasteiger partial charge in [-0.25, -0.2) is 4.99 Å². The van der Waals surface area contributed by atoms with Gasteiger partial charge < -0.3 is 55.3 Å². The summed E-state index contributed by atoms with van der Waals surface area (Å²) in [6.45, 7) is 13.5. The average molecular weight is 823 g/mol. The van der Waals surface area contributed by atoms with Crippen molar-refractivity contribution in [3.63, 3.8) is 0 Å². The van der Waals surface area contributed by atoms with Crippen molar-refractivity contribution in [1.29, 1.82) is 0 Å². The van der Waals surface area contributed by atoms with E-state index < -0.39 is 83.0 Å². The molecule has 0 fully saturated rings. The monoisotopic (exact) mass is 822 g/mol. The molecule has 0 saturated heterocycles. The number of carbonyl (C=O) groups is 3.